The highest BCUT2D eigenvalue weighted by Gasteiger charge is 2.36. The lowest BCUT2D eigenvalue weighted by molar-refractivity contribution is 0.366. The van der Waals surface area contributed by atoms with E-state index in [9.17, 15) is 0 Å². The summed E-state index contributed by atoms with van der Waals surface area (Å²) in [4.78, 5) is 0. The van der Waals surface area contributed by atoms with Crippen LogP contribution >= 0.6 is 34.2 Å². The Morgan fingerprint density at radius 3 is 2.65 bits per heavy atom. The zero-order chi connectivity index (χ0) is 12.6. The molecule has 0 aliphatic heterocycles. The highest BCUT2D eigenvalue weighted by Crippen LogP contribution is 2.42. The number of benzene rings is 1. The highest BCUT2D eigenvalue weighted by atomic mass is 127. The van der Waals surface area contributed by atoms with Crippen LogP contribution in [-0.2, 0) is 0 Å². The Morgan fingerprint density at radius 2 is 2.06 bits per heavy atom. The number of hydrogen-bond donors (Lipinski definition) is 1. The van der Waals surface area contributed by atoms with Gasteiger partial charge in [-0.05, 0) is 65.0 Å². The van der Waals surface area contributed by atoms with Crippen molar-refractivity contribution in [2.24, 2.45) is 11.3 Å². The summed E-state index contributed by atoms with van der Waals surface area (Å²) in [6, 6.07) is 6.67. The van der Waals surface area contributed by atoms with E-state index in [-0.39, 0.29) is 0 Å². The van der Waals surface area contributed by atoms with Crippen LogP contribution in [0.4, 0.5) is 5.69 Å². The van der Waals surface area contributed by atoms with Crippen LogP contribution in [0.5, 0.6) is 0 Å². The van der Waals surface area contributed by atoms with Gasteiger partial charge in [0.05, 0.1) is 10.7 Å². The first-order valence-electron chi connectivity index (χ1n) is 6.09. The Hall–Kier alpha value is 0.0400. The van der Waals surface area contributed by atoms with Crippen molar-refractivity contribution in [1.82, 2.24) is 0 Å². The predicted molar refractivity (Wildman–Crippen MR) is 83.8 cm³/mol. The number of rotatable bonds is 2. The van der Waals surface area contributed by atoms with Crippen LogP contribution in [-0.4, -0.2) is 6.04 Å². The van der Waals surface area contributed by atoms with Crippen molar-refractivity contribution in [2.75, 3.05) is 5.32 Å². The third-order valence-corrected chi connectivity index (χ3v) is 4.60. The van der Waals surface area contributed by atoms with Gasteiger partial charge in [-0.1, -0.05) is 32.4 Å². The van der Waals surface area contributed by atoms with E-state index in [0.29, 0.717) is 17.4 Å². The molecule has 1 saturated carbocycles. The zero-order valence-corrected chi connectivity index (χ0v) is 13.5. The largest absolute Gasteiger partial charge is 0.381 e. The average Bonchev–Trinajstić information content (AvgIpc) is 2.46. The molecular formula is C14H19ClIN. The Bertz CT molecular complexity index is 417. The summed E-state index contributed by atoms with van der Waals surface area (Å²) >= 11 is 8.55. The molecular weight excluding hydrogens is 345 g/mol. The van der Waals surface area contributed by atoms with Gasteiger partial charge in [-0.2, -0.15) is 0 Å². The fourth-order valence-electron chi connectivity index (χ4n) is 2.89. The van der Waals surface area contributed by atoms with Gasteiger partial charge in [0.25, 0.3) is 0 Å². The quantitative estimate of drug-likeness (QED) is 0.714. The molecule has 2 rings (SSSR count). The maximum Gasteiger partial charge on any atom is 0.0638 e. The summed E-state index contributed by atoms with van der Waals surface area (Å²) < 4.78 is 1.22. The summed E-state index contributed by atoms with van der Waals surface area (Å²) in [5, 5.41) is 4.44. The fraction of sp³-hybridized carbons (Fsp3) is 0.571. The van der Waals surface area contributed by atoms with Crippen LogP contribution in [0.2, 0.25) is 5.02 Å². The van der Waals surface area contributed by atoms with E-state index in [4.69, 9.17) is 11.6 Å². The van der Waals surface area contributed by atoms with Crippen molar-refractivity contribution >= 4 is 39.9 Å². The Labute approximate surface area is 122 Å². The summed E-state index contributed by atoms with van der Waals surface area (Å²) in [6.45, 7) is 7.03. The molecule has 1 nitrogen and oxygen atoms in total. The summed E-state index contributed by atoms with van der Waals surface area (Å²) in [5.74, 6) is 0.707. The Morgan fingerprint density at radius 1 is 1.35 bits per heavy atom. The van der Waals surface area contributed by atoms with Gasteiger partial charge >= 0.3 is 0 Å². The second-order valence-electron chi connectivity index (χ2n) is 5.92. The fourth-order valence-corrected chi connectivity index (χ4v) is 3.56. The van der Waals surface area contributed by atoms with Crippen molar-refractivity contribution in [3.8, 4) is 0 Å². The van der Waals surface area contributed by atoms with Gasteiger partial charge in [-0.25, -0.2) is 0 Å². The van der Waals surface area contributed by atoms with Crippen molar-refractivity contribution in [1.29, 1.82) is 0 Å². The molecule has 0 amide bonds. The highest BCUT2D eigenvalue weighted by molar-refractivity contribution is 14.1. The summed E-state index contributed by atoms with van der Waals surface area (Å²) in [6.07, 6.45) is 2.50. The minimum Gasteiger partial charge on any atom is -0.381 e. The normalized spacial score (nSPS) is 27.1. The van der Waals surface area contributed by atoms with E-state index in [2.05, 4.69) is 54.7 Å². The van der Waals surface area contributed by atoms with E-state index >= 15 is 0 Å². The van der Waals surface area contributed by atoms with Crippen molar-refractivity contribution in [3.63, 3.8) is 0 Å². The number of anilines is 1. The van der Waals surface area contributed by atoms with Crippen molar-refractivity contribution < 1.29 is 0 Å². The van der Waals surface area contributed by atoms with Crippen molar-refractivity contribution in [2.45, 2.75) is 39.7 Å². The molecule has 0 radical (unpaired) electrons. The van der Waals surface area contributed by atoms with Gasteiger partial charge in [-0.15, -0.1) is 0 Å². The molecule has 1 N–H and O–H groups in total. The monoisotopic (exact) mass is 363 g/mol. The molecule has 1 aliphatic carbocycles. The lowest BCUT2D eigenvalue weighted by Gasteiger charge is -2.20. The average molecular weight is 364 g/mol. The van der Waals surface area contributed by atoms with E-state index in [1.54, 1.807) is 0 Å². The Balaban J connectivity index is 2.14. The van der Waals surface area contributed by atoms with E-state index in [1.165, 1.54) is 16.4 Å². The van der Waals surface area contributed by atoms with Gasteiger partial charge in [0, 0.05) is 9.61 Å². The minimum absolute atomic E-state index is 0.450. The molecule has 0 saturated heterocycles. The number of hydrogen-bond acceptors (Lipinski definition) is 1. The summed E-state index contributed by atoms with van der Waals surface area (Å²) in [5.41, 5.74) is 1.53. The molecule has 94 valence electrons. The lowest BCUT2D eigenvalue weighted by atomic mass is 9.91. The van der Waals surface area contributed by atoms with Gasteiger partial charge in [0.1, 0.15) is 0 Å². The zero-order valence-electron chi connectivity index (χ0n) is 10.6. The molecule has 0 aromatic heterocycles. The van der Waals surface area contributed by atoms with Gasteiger partial charge in [0.2, 0.25) is 0 Å². The molecule has 1 aromatic carbocycles. The first kappa shape index (κ1) is 13.5. The third-order valence-electron chi connectivity index (χ3n) is 3.60. The maximum absolute atomic E-state index is 6.23. The smallest absolute Gasteiger partial charge is 0.0638 e. The molecule has 0 bridgehead atoms. The second kappa shape index (κ2) is 4.96. The molecule has 0 heterocycles. The first-order chi connectivity index (χ1) is 7.87. The van der Waals surface area contributed by atoms with Crippen LogP contribution in [0.1, 0.15) is 33.6 Å². The number of halogens is 2. The van der Waals surface area contributed by atoms with Crippen LogP contribution < -0.4 is 5.32 Å². The van der Waals surface area contributed by atoms with Crippen LogP contribution in [0, 0.1) is 14.9 Å². The van der Waals surface area contributed by atoms with Gasteiger partial charge < -0.3 is 5.32 Å². The van der Waals surface area contributed by atoms with E-state index < -0.39 is 0 Å². The van der Waals surface area contributed by atoms with Crippen LogP contribution in [0.25, 0.3) is 0 Å². The van der Waals surface area contributed by atoms with Crippen molar-refractivity contribution in [3.05, 3.63) is 26.8 Å². The summed E-state index contributed by atoms with van der Waals surface area (Å²) in [7, 11) is 0. The number of nitrogens with one attached hydrogen (secondary N) is 1. The van der Waals surface area contributed by atoms with Gasteiger partial charge in [0.15, 0.2) is 0 Å². The minimum atomic E-state index is 0.450. The lowest BCUT2D eigenvalue weighted by Crippen LogP contribution is -2.22. The van der Waals surface area contributed by atoms with Crippen LogP contribution in [0.15, 0.2) is 18.2 Å². The molecule has 2 unspecified atom stereocenters. The SMILES string of the molecule is CC1CC(C)(C)CC1Nc1cc(I)ccc1Cl. The van der Waals surface area contributed by atoms with Gasteiger partial charge in [-0.3, -0.25) is 0 Å². The first-order valence-corrected chi connectivity index (χ1v) is 7.55. The standard InChI is InChI=1S/C14H19ClIN/c1-9-7-14(2,3)8-13(9)17-12-6-10(16)4-5-11(12)15/h4-6,9,13,17H,7-8H2,1-3H3. The van der Waals surface area contributed by atoms with E-state index in [1.807, 2.05) is 12.1 Å². The second-order valence-corrected chi connectivity index (χ2v) is 7.58. The molecule has 17 heavy (non-hydrogen) atoms. The van der Waals surface area contributed by atoms with E-state index in [0.717, 1.165) is 10.7 Å². The molecule has 1 fully saturated rings. The third kappa shape index (κ3) is 3.28. The molecule has 1 aliphatic rings. The molecule has 0 spiro atoms. The topological polar surface area (TPSA) is 12.0 Å². The molecule has 2 atom stereocenters. The predicted octanol–water partition coefficient (Wildman–Crippen LogP) is 5.18. The molecule has 3 heteroatoms. The maximum atomic E-state index is 6.23. The molecule has 1 aromatic rings. The van der Waals surface area contributed by atoms with Crippen LogP contribution in [0.3, 0.4) is 0 Å². The Kier molecular flexibility index (Phi) is 3.93.